The number of halogens is 4. The van der Waals surface area contributed by atoms with E-state index in [1.165, 1.54) is 47.4 Å². The highest BCUT2D eigenvalue weighted by Crippen LogP contribution is 2.24. The van der Waals surface area contributed by atoms with Gasteiger partial charge in [0.05, 0.1) is 5.69 Å². The van der Waals surface area contributed by atoms with E-state index in [1.54, 1.807) is 6.07 Å². The summed E-state index contributed by atoms with van der Waals surface area (Å²) < 4.78 is 56.1. The van der Waals surface area contributed by atoms with Crippen LogP contribution in [0.25, 0.3) is 17.1 Å². The number of alkyl halides is 3. The maximum absolute atomic E-state index is 13.6. The summed E-state index contributed by atoms with van der Waals surface area (Å²) >= 11 is 5.36. The van der Waals surface area contributed by atoms with E-state index in [0.29, 0.717) is 35.6 Å². The first-order valence-electron chi connectivity index (χ1n) is 12.2. The topological polar surface area (TPSA) is 81.1 Å². The smallest absolute Gasteiger partial charge is 0.406 e. The van der Waals surface area contributed by atoms with Crippen LogP contribution in [0.4, 0.5) is 22.4 Å². The van der Waals surface area contributed by atoms with E-state index >= 15 is 0 Å². The third-order valence-electron chi connectivity index (χ3n) is 5.82. The zero-order valence-electron chi connectivity index (χ0n) is 21.5. The van der Waals surface area contributed by atoms with Crippen molar-refractivity contribution in [1.29, 1.82) is 0 Å². The molecule has 0 saturated carbocycles. The van der Waals surface area contributed by atoms with E-state index in [2.05, 4.69) is 25.5 Å². The predicted molar refractivity (Wildman–Crippen MR) is 146 cm³/mol. The lowest BCUT2D eigenvalue weighted by molar-refractivity contribution is -0.274. The summed E-state index contributed by atoms with van der Waals surface area (Å²) in [6.07, 6.45) is -2.79. The van der Waals surface area contributed by atoms with Gasteiger partial charge in [0.1, 0.15) is 22.9 Å². The highest BCUT2D eigenvalue weighted by Gasteiger charge is 2.31. The molecule has 0 saturated heterocycles. The van der Waals surface area contributed by atoms with E-state index in [1.807, 2.05) is 38.1 Å². The van der Waals surface area contributed by atoms with Gasteiger partial charge in [-0.15, -0.1) is 18.3 Å². The quantitative estimate of drug-likeness (QED) is 0.191. The van der Waals surface area contributed by atoms with E-state index in [-0.39, 0.29) is 22.5 Å². The molecular formula is C28H25F4N5O2S. The number of urea groups is 1. The van der Waals surface area contributed by atoms with Crippen LogP contribution in [0.2, 0.25) is 0 Å². The molecule has 0 fully saturated rings. The van der Waals surface area contributed by atoms with Gasteiger partial charge in [0.15, 0.2) is 5.82 Å². The summed E-state index contributed by atoms with van der Waals surface area (Å²) in [6.45, 7) is 4.17. The molecule has 4 aromatic rings. The van der Waals surface area contributed by atoms with Crippen LogP contribution < -0.4 is 15.4 Å². The Hall–Kier alpha value is -4.32. The Morgan fingerprint density at radius 3 is 2.52 bits per heavy atom. The van der Waals surface area contributed by atoms with Crippen molar-refractivity contribution in [3.63, 3.8) is 0 Å². The highest BCUT2D eigenvalue weighted by atomic mass is 32.1. The van der Waals surface area contributed by atoms with E-state index in [9.17, 15) is 22.4 Å². The van der Waals surface area contributed by atoms with Crippen LogP contribution in [0.3, 0.4) is 0 Å². The highest BCUT2D eigenvalue weighted by molar-refractivity contribution is 7.80. The van der Waals surface area contributed by atoms with Crippen LogP contribution in [0.1, 0.15) is 36.5 Å². The Kier molecular flexibility index (Phi) is 8.78. The molecule has 1 aromatic heterocycles. The Morgan fingerprint density at radius 1 is 1.07 bits per heavy atom. The zero-order chi connectivity index (χ0) is 28.9. The standard InChI is InChI=1S/C28H25F4N5O2S/c1-17(2)24-15-20(29)6-11-23(24)26(40)35-27(38)33-13-12-18-4-3-5-19(14-18)25-34-16-37(36-25)21-7-9-22(10-8-21)39-28(30,31)32/h3-11,14-17H,12-13H2,1-2H3,(H2,33,35,38,40). The van der Waals surface area contributed by atoms with Gasteiger partial charge < -0.3 is 10.1 Å². The molecule has 0 unspecified atom stereocenters. The van der Waals surface area contributed by atoms with Crippen LogP contribution in [0.15, 0.2) is 73.1 Å². The first-order chi connectivity index (χ1) is 19.0. The van der Waals surface area contributed by atoms with Crippen LogP contribution in [0, 0.1) is 5.82 Å². The number of aromatic nitrogens is 3. The fraction of sp³-hybridized carbons (Fsp3) is 0.214. The maximum Gasteiger partial charge on any atom is 0.573 e. The molecule has 0 radical (unpaired) electrons. The zero-order valence-corrected chi connectivity index (χ0v) is 22.3. The molecule has 3 aromatic carbocycles. The van der Waals surface area contributed by atoms with Gasteiger partial charge >= 0.3 is 12.4 Å². The molecule has 7 nitrogen and oxygen atoms in total. The van der Waals surface area contributed by atoms with E-state index in [4.69, 9.17) is 12.2 Å². The molecular weight excluding hydrogens is 546 g/mol. The molecule has 0 aliphatic carbocycles. The molecule has 0 bridgehead atoms. The first-order valence-corrected chi connectivity index (χ1v) is 12.6. The number of carbonyl (C=O) groups excluding carboxylic acids is 1. The van der Waals surface area contributed by atoms with Gasteiger partial charge in [-0.1, -0.05) is 44.3 Å². The third kappa shape index (κ3) is 7.63. The number of thiocarbonyl (C=S) groups is 1. The van der Waals surface area contributed by atoms with Crippen molar-refractivity contribution < 1.29 is 27.1 Å². The van der Waals surface area contributed by atoms with E-state index < -0.39 is 12.4 Å². The number of benzene rings is 3. The first kappa shape index (κ1) is 28.7. The minimum Gasteiger partial charge on any atom is -0.406 e. The van der Waals surface area contributed by atoms with Crippen molar-refractivity contribution in [3.05, 3.63) is 95.6 Å². The number of rotatable bonds is 8. The molecule has 12 heteroatoms. The lowest BCUT2D eigenvalue weighted by Crippen LogP contribution is -2.40. The van der Waals surface area contributed by atoms with Crippen molar-refractivity contribution >= 4 is 23.2 Å². The Labute approximate surface area is 233 Å². The number of carbonyl (C=O) groups is 1. The molecule has 0 aliphatic rings. The molecule has 0 atom stereocenters. The summed E-state index contributed by atoms with van der Waals surface area (Å²) in [5.41, 5.74) is 3.48. The Morgan fingerprint density at radius 2 is 1.82 bits per heavy atom. The monoisotopic (exact) mass is 571 g/mol. The number of nitrogens with zero attached hydrogens (tertiary/aromatic N) is 3. The van der Waals surface area contributed by atoms with Crippen molar-refractivity contribution in [2.75, 3.05) is 6.54 Å². The molecule has 40 heavy (non-hydrogen) atoms. The van der Waals surface area contributed by atoms with E-state index in [0.717, 1.165) is 11.1 Å². The van der Waals surface area contributed by atoms with Gasteiger partial charge in [0.2, 0.25) is 0 Å². The molecule has 0 aliphatic heterocycles. The van der Waals surface area contributed by atoms with Crippen LogP contribution in [-0.2, 0) is 6.42 Å². The normalized spacial score (nSPS) is 11.4. The van der Waals surface area contributed by atoms with Gasteiger partial charge in [-0.3, -0.25) is 5.32 Å². The number of nitrogens with one attached hydrogen (secondary N) is 2. The number of amides is 2. The summed E-state index contributed by atoms with van der Waals surface area (Å²) in [5.74, 6) is -0.240. The SMILES string of the molecule is CC(C)c1cc(F)ccc1C(=S)NC(=O)NCCc1cccc(-c2ncn(-c3ccc(OC(F)(F)F)cc3)n2)c1. The molecule has 0 spiro atoms. The van der Waals surface area contributed by atoms with Crippen LogP contribution >= 0.6 is 12.2 Å². The van der Waals surface area contributed by atoms with Gasteiger partial charge in [-0.05, 0) is 72.0 Å². The fourth-order valence-corrected chi connectivity index (χ4v) is 4.22. The minimum atomic E-state index is -4.76. The maximum atomic E-state index is 13.6. The Bertz CT molecular complexity index is 1500. The lowest BCUT2D eigenvalue weighted by atomic mass is 9.97. The van der Waals surface area contributed by atoms with Crippen molar-refractivity contribution in [1.82, 2.24) is 25.4 Å². The summed E-state index contributed by atoms with van der Waals surface area (Å²) in [7, 11) is 0. The second kappa shape index (κ2) is 12.2. The number of ether oxygens (including phenoxy) is 1. The lowest BCUT2D eigenvalue weighted by Gasteiger charge is -2.15. The molecule has 2 amide bonds. The van der Waals surface area contributed by atoms with Crippen molar-refractivity contribution in [3.8, 4) is 22.8 Å². The number of hydrogen-bond acceptors (Lipinski definition) is 5. The molecule has 208 valence electrons. The van der Waals surface area contributed by atoms with Gasteiger partial charge in [-0.25, -0.2) is 18.9 Å². The van der Waals surface area contributed by atoms with Gasteiger partial charge in [0.25, 0.3) is 0 Å². The fourth-order valence-electron chi connectivity index (χ4n) is 3.94. The van der Waals surface area contributed by atoms with Gasteiger partial charge in [-0.2, -0.15) is 0 Å². The average molecular weight is 572 g/mol. The predicted octanol–water partition coefficient (Wildman–Crippen LogP) is 6.31. The van der Waals surface area contributed by atoms with Gasteiger partial charge in [0, 0.05) is 17.7 Å². The molecule has 4 rings (SSSR count). The minimum absolute atomic E-state index is 0.0279. The number of hydrogen-bond donors (Lipinski definition) is 2. The second-order valence-corrected chi connectivity index (χ2v) is 9.51. The second-order valence-electron chi connectivity index (χ2n) is 9.10. The summed E-state index contributed by atoms with van der Waals surface area (Å²) in [6, 6.07) is 16.6. The largest absolute Gasteiger partial charge is 0.573 e. The van der Waals surface area contributed by atoms with Crippen LogP contribution in [-0.4, -0.2) is 38.7 Å². The summed E-state index contributed by atoms with van der Waals surface area (Å²) in [4.78, 5) is 16.9. The summed E-state index contributed by atoms with van der Waals surface area (Å²) in [5, 5.41) is 9.82. The Balaban J connectivity index is 1.33. The van der Waals surface area contributed by atoms with Crippen molar-refractivity contribution in [2.45, 2.75) is 32.5 Å². The van der Waals surface area contributed by atoms with Crippen molar-refractivity contribution in [2.24, 2.45) is 0 Å². The molecule has 1 heterocycles. The molecule has 2 N–H and O–H groups in total. The average Bonchev–Trinajstić information content (AvgIpc) is 3.39. The van der Waals surface area contributed by atoms with Crippen LogP contribution in [0.5, 0.6) is 5.75 Å². The third-order valence-corrected chi connectivity index (χ3v) is 6.14.